The van der Waals surface area contributed by atoms with E-state index in [1.165, 1.54) is 6.26 Å². The quantitative estimate of drug-likeness (QED) is 0.750. The minimum Gasteiger partial charge on any atom is -0.497 e. The number of methoxy groups -OCH3 is 1. The van der Waals surface area contributed by atoms with Gasteiger partial charge in [0.15, 0.2) is 14.9 Å². The van der Waals surface area contributed by atoms with Crippen LogP contribution in [0.4, 0.5) is 5.69 Å². The first kappa shape index (κ1) is 19.2. The van der Waals surface area contributed by atoms with Gasteiger partial charge in [-0.3, -0.25) is 0 Å². The van der Waals surface area contributed by atoms with Crippen molar-refractivity contribution in [3.63, 3.8) is 0 Å². The van der Waals surface area contributed by atoms with E-state index in [1.54, 1.807) is 19.2 Å². The summed E-state index contributed by atoms with van der Waals surface area (Å²) in [5.74, 6) is 0.746. The number of anilines is 1. The summed E-state index contributed by atoms with van der Waals surface area (Å²) in [4.78, 5) is 0.309. The molecule has 2 N–H and O–H groups in total. The van der Waals surface area contributed by atoms with Crippen LogP contribution < -0.4 is 15.4 Å². The zero-order valence-corrected chi connectivity index (χ0v) is 16.1. The monoisotopic (exact) mass is 378 g/mol. The fraction of sp³-hybridized carbons (Fsp3) is 0.278. The van der Waals surface area contributed by atoms with Crippen LogP contribution in [0, 0.1) is 0 Å². The average molecular weight is 379 g/mol. The van der Waals surface area contributed by atoms with E-state index in [0.717, 1.165) is 23.4 Å². The molecule has 0 spiro atoms. The van der Waals surface area contributed by atoms with E-state index in [1.807, 2.05) is 43.3 Å². The predicted molar refractivity (Wildman–Crippen MR) is 105 cm³/mol. The van der Waals surface area contributed by atoms with Crippen LogP contribution in [0.1, 0.15) is 24.9 Å². The predicted octanol–water partition coefficient (Wildman–Crippen LogP) is 3.54. The van der Waals surface area contributed by atoms with Gasteiger partial charge in [0.25, 0.3) is 0 Å². The Morgan fingerprint density at radius 3 is 2.44 bits per heavy atom. The minimum absolute atomic E-state index is 0.0146. The van der Waals surface area contributed by atoms with Crippen molar-refractivity contribution in [2.75, 3.05) is 18.7 Å². The van der Waals surface area contributed by atoms with Crippen LogP contribution in [0.2, 0.25) is 0 Å². The number of hydrogen-bond donors (Lipinski definition) is 2. The molecule has 0 unspecified atom stereocenters. The largest absolute Gasteiger partial charge is 0.497 e. The molecule has 0 aromatic heterocycles. The molecular formula is C18H22N2O3S2. The lowest BCUT2D eigenvalue weighted by molar-refractivity contribution is 0.415. The van der Waals surface area contributed by atoms with Gasteiger partial charge in [-0.05, 0) is 48.5 Å². The first-order chi connectivity index (χ1) is 11.8. The zero-order chi connectivity index (χ0) is 18.4. The maximum Gasteiger partial charge on any atom is 0.175 e. The van der Waals surface area contributed by atoms with E-state index in [2.05, 4.69) is 10.6 Å². The maximum atomic E-state index is 11.6. The topological polar surface area (TPSA) is 67.4 Å². The first-order valence-corrected chi connectivity index (χ1v) is 10.1. The molecule has 0 fully saturated rings. The molecule has 1 atom stereocenters. The first-order valence-electron chi connectivity index (χ1n) is 7.85. The number of hydrogen-bond acceptors (Lipinski definition) is 4. The highest BCUT2D eigenvalue weighted by atomic mass is 32.2. The summed E-state index contributed by atoms with van der Waals surface area (Å²) in [6.07, 6.45) is 2.00. The lowest BCUT2D eigenvalue weighted by Crippen LogP contribution is -2.32. The van der Waals surface area contributed by atoms with E-state index < -0.39 is 9.84 Å². The van der Waals surface area contributed by atoms with Gasteiger partial charge >= 0.3 is 0 Å². The number of benzene rings is 2. The van der Waals surface area contributed by atoms with Crippen LogP contribution in [0.3, 0.4) is 0 Å². The summed E-state index contributed by atoms with van der Waals surface area (Å²) in [6.45, 7) is 2.04. The lowest BCUT2D eigenvalue weighted by atomic mass is 10.1. The van der Waals surface area contributed by atoms with Crippen molar-refractivity contribution in [2.45, 2.75) is 24.3 Å². The number of nitrogens with one attached hydrogen (secondary N) is 2. The Labute approximate surface area is 154 Å². The van der Waals surface area contributed by atoms with Gasteiger partial charge in [-0.1, -0.05) is 25.1 Å². The summed E-state index contributed by atoms with van der Waals surface area (Å²) in [5.41, 5.74) is 1.81. The van der Waals surface area contributed by atoms with E-state index >= 15 is 0 Å². The standard InChI is InChI=1S/C18H22N2O3S2/c1-4-17(13-8-10-16(11-9-13)25(3,21)22)20-18(24)19-14-6-5-7-15(12-14)23-2/h5-12,17H,4H2,1-3H3,(H2,19,20,24)/t17-/m0/s1. The number of rotatable bonds is 6. The lowest BCUT2D eigenvalue weighted by Gasteiger charge is -2.20. The summed E-state index contributed by atoms with van der Waals surface area (Å²) in [7, 11) is -1.58. The Morgan fingerprint density at radius 1 is 1.20 bits per heavy atom. The average Bonchev–Trinajstić information content (AvgIpc) is 2.59. The fourth-order valence-electron chi connectivity index (χ4n) is 2.39. The van der Waals surface area contributed by atoms with E-state index in [0.29, 0.717) is 10.0 Å². The van der Waals surface area contributed by atoms with Gasteiger partial charge in [-0.2, -0.15) is 0 Å². The third-order valence-electron chi connectivity index (χ3n) is 3.75. The molecule has 5 nitrogen and oxygen atoms in total. The van der Waals surface area contributed by atoms with Crippen LogP contribution in [-0.2, 0) is 9.84 Å². The van der Waals surface area contributed by atoms with E-state index in [4.69, 9.17) is 17.0 Å². The zero-order valence-electron chi connectivity index (χ0n) is 14.4. The molecule has 0 radical (unpaired) electrons. The van der Waals surface area contributed by atoms with Gasteiger partial charge in [-0.15, -0.1) is 0 Å². The summed E-state index contributed by atoms with van der Waals surface area (Å²) in [6, 6.07) is 14.3. The van der Waals surface area contributed by atoms with Crippen molar-refractivity contribution in [2.24, 2.45) is 0 Å². The van der Waals surface area contributed by atoms with Crippen molar-refractivity contribution < 1.29 is 13.2 Å². The number of sulfone groups is 1. The fourth-order valence-corrected chi connectivity index (χ4v) is 3.29. The van der Waals surface area contributed by atoms with Gasteiger partial charge in [0.1, 0.15) is 5.75 Å². The second-order valence-electron chi connectivity index (χ2n) is 5.63. The molecule has 0 heterocycles. The summed E-state index contributed by atoms with van der Waals surface area (Å²) in [5, 5.41) is 6.88. The molecule has 2 aromatic rings. The Morgan fingerprint density at radius 2 is 1.88 bits per heavy atom. The van der Waals surface area contributed by atoms with Crippen molar-refractivity contribution in [3.05, 3.63) is 54.1 Å². The Bertz CT molecular complexity index is 834. The molecule has 2 aromatic carbocycles. The second kappa shape index (κ2) is 8.31. The molecular weight excluding hydrogens is 356 g/mol. The highest BCUT2D eigenvalue weighted by Crippen LogP contribution is 2.20. The molecule has 0 aliphatic carbocycles. The highest BCUT2D eigenvalue weighted by molar-refractivity contribution is 7.90. The third-order valence-corrected chi connectivity index (χ3v) is 5.10. The van der Waals surface area contributed by atoms with Crippen LogP contribution in [0.25, 0.3) is 0 Å². The van der Waals surface area contributed by atoms with Crippen LogP contribution in [-0.4, -0.2) is 26.9 Å². The van der Waals surface area contributed by atoms with Gasteiger partial charge in [0.2, 0.25) is 0 Å². The van der Waals surface area contributed by atoms with E-state index in [-0.39, 0.29) is 6.04 Å². The molecule has 0 saturated heterocycles. The molecule has 0 aliphatic heterocycles. The molecule has 0 bridgehead atoms. The normalized spacial score (nSPS) is 12.3. The van der Waals surface area contributed by atoms with Gasteiger partial charge in [0.05, 0.1) is 18.0 Å². The Hall–Kier alpha value is -2.12. The summed E-state index contributed by atoms with van der Waals surface area (Å²) < 4.78 is 28.3. The molecule has 0 amide bonds. The summed E-state index contributed by atoms with van der Waals surface area (Å²) >= 11 is 5.38. The molecule has 0 aliphatic rings. The van der Waals surface area contributed by atoms with Crippen LogP contribution in [0.5, 0.6) is 5.75 Å². The molecule has 7 heteroatoms. The number of ether oxygens (including phenoxy) is 1. The smallest absolute Gasteiger partial charge is 0.175 e. The Kier molecular flexibility index (Phi) is 6.39. The van der Waals surface area contributed by atoms with Gasteiger partial charge in [0, 0.05) is 18.0 Å². The van der Waals surface area contributed by atoms with Gasteiger partial charge in [-0.25, -0.2) is 8.42 Å². The van der Waals surface area contributed by atoms with Crippen molar-refractivity contribution >= 4 is 32.9 Å². The maximum absolute atomic E-state index is 11.6. The van der Waals surface area contributed by atoms with Gasteiger partial charge < -0.3 is 15.4 Å². The van der Waals surface area contributed by atoms with E-state index in [9.17, 15) is 8.42 Å². The Balaban J connectivity index is 2.06. The molecule has 134 valence electrons. The van der Waals surface area contributed by atoms with Crippen molar-refractivity contribution in [1.82, 2.24) is 5.32 Å². The number of thiocarbonyl (C=S) groups is 1. The second-order valence-corrected chi connectivity index (χ2v) is 8.06. The highest BCUT2D eigenvalue weighted by Gasteiger charge is 2.13. The molecule has 25 heavy (non-hydrogen) atoms. The molecule has 0 saturated carbocycles. The SMILES string of the molecule is CC[C@H](NC(=S)Nc1cccc(OC)c1)c1ccc(S(C)(=O)=O)cc1. The van der Waals surface area contributed by atoms with Crippen LogP contribution >= 0.6 is 12.2 Å². The molecule has 2 rings (SSSR count). The van der Waals surface area contributed by atoms with Crippen molar-refractivity contribution in [3.8, 4) is 5.75 Å². The minimum atomic E-state index is -3.19. The third kappa shape index (κ3) is 5.44. The van der Waals surface area contributed by atoms with Crippen LogP contribution in [0.15, 0.2) is 53.4 Å². The van der Waals surface area contributed by atoms with Crippen molar-refractivity contribution in [1.29, 1.82) is 0 Å².